The van der Waals surface area contributed by atoms with Crippen molar-refractivity contribution in [1.29, 1.82) is 5.26 Å². The molecule has 1 unspecified atom stereocenters. The first-order valence-corrected chi connectivity index (χ1v) is 6.97. The van der Waals surface area contributed by atoms with E-state index in [2.05, 4.69) is 0 Å². The second-order valence-electron chi connectivity index (χ2n) is 2.15. The van der Waals surface area contributed by atoms with Crippen LogP contribution in [0.15, 0.2) is 0 Å². The van der Waals surface area contributed by atoms with Gasteiger partial charge in [0.1, 0.15) is 4.84 Å². The van der Waals surface area contributed by atoms with Gasteiger partial charge in [-0.05, 0) is 0 Å². The molecule has 88 valence electrons. The molecule has 0 aromatic rings. The monoisotopic (exact) mass is 329 g/mol. The van der Waals surface area contributed by atoms with E-state index in [1.165, 1.54) is 0 Å². The van der Waals surface area contributed by atoms with E-state index in [-0.39, 0.29) is 12.4 Å². The highest BCUT2D eigenvalue weighted by Crippen LogP contribution is 2.42. The maximum absolute atomic E-state index is 10.6. The molecule has 0 N–H and O–H groups in total. The predicted molar refractivity (Wildman–Crippen MR) is 63.6 cm³/mol. The van der Waals surface area contributed by atoms with Gasteiger partial charge >= 0.3 is 0 Å². The van der Waals surface area contributed by atoms with Crippen molar-refractivity contribution in [2.24, 2.45) is 0 Å². The minimum atomic E-state index is -2.51. The van der Waals surface area contributed by atoms with Crippen molar-refractivity contribution in [3.8, 4) is 6.07 Å². The molecule has 0 aliphatic rings. The van der Waals surface area contributed by atoms with E-state index < -0.39 is 19.8 Å². The second kappa shape index (κ2) is 7.41. The number of nitriles is 1. The normalized spacial score (nSPS) is 14.3. The van der Waals surface area contributed by atoms with Gasteiger partial charge in [-0.2, -0.15) is 5.26 Å². The van der Waals surface area contributed by atoms with Gasteiger partial charge in [0.15, 0.2) is 3.67 Å². The fourth-order valence-electron chi connectivity index (χ4n) is 0.441. The van der Waals surface area contributed by atoms with Crippen molar-refractivity contribution < 1.29 is 8.76 Å². The number of thioether (sulfide) groups is 1. The van der Waals surface area contributed by atoms with Crippen LogP contribution in [-0.2, 0) is 11.3 Å². The lowest BCUT2D eigenvalue weighted by Gasteiger charge is -2.25. The van der Waals surface area contributed by atoms with Crippen LogP contribution < -0.4 is 0 Å². The number of alkyl halides is 4. The number of rotatable bonds is 6. The Morgan fingerprint density at radius 1 is 1.60 bits per heavy atom. The molecule has 15 heavy (non-hydrogen) atoms. The third kappa shape index (κ3) is 6.39. The van der Waals surface area contributed by atoms with Gasteiger partial charge in [-0.3, -0.25) is 4.21 Å². The molecule has 0 saturated carbocycles. The summed E-state index contributed by atoms with van der Waals surface area (Å²) in [5, 5.41) is 8.33. The first-order valence-electron chi connectivity index (χ1n) is 3.32. The van der Waals surface area contributed by atoms with Crippen molar-refractivity contribution in [2.75, 3.05) is 12.4 Å². The largest absolute Gasteiger partial charge is 0.760 e. The van der Waals surface area contributed by atoms with Crippen molar-refractivity contribution in [2.45, 2.75) is 8.50 Å². The molecule has 0 aliphatic carbocycles. The van der Waals surface area contributed by atoms with Crippen molar-refractivity contribution in [1.82, 2.24) is 4.31 Å². The van der Waals surface area contributed by atoms with Gasteiger partial charge in [0.2, 0.25) is 0 Å². The molecule has 0 aromatic carbocycles. The van der Waals surface area contributed by atoms with Gasteiger partial charge in [-0.25, -0.2) is 4.31 Å². The van der Waals surface area contributed by atoms with E-state index in [0.29, 0.717) is 0 Å². The Hall–Kier alpha value is 1.07. The van der Waals surface area contributed by atoms with E-state index in [4.69, 9.17) is 51.7 Å². The summed E-state index contributed by atoms with van der Waals surface area (Å²) >= 11 is 20.6. The molecule has 10 heteroatoms. The van der Waals surface area contributed by atoms with E-state index in [0.717, 1.165) is 16.1 Å². The quantitative estimate of drug-likeness (QED) is 0.324. The molecule has 0 aromatic heterocycles. The van der Waals surface area contributed by atoms with Crippen LogP contribution in [0.4, 0.5) is 0 Å². The predicted octanol–water partition coefficient (Wildman–Crippen LogP) is 2.23. The Morgan fingerprint density at radius 3 is 2.47 bits per heavy atom. The highest BCUT2D eigenvalue weighted by atomic mass is 35.5. The summed E-state index contributed by atoms with van der Waals surface area (Å²) in [7, 11) is 0. The number of nitrogens with zero attached hydrogens (tertiary/aromatic N) is 2. The second-order valence-corrected chi connectivity index (χ2v) is 7.22. The van der Waals surface area contributed by atoms with E-state index in [9.17, 15) is 8.76 Å². The maximum atomic E-state index is 10.6. The van der Waals surface area contributed by atoms with Crippen molar-refractivity contribution >= 4 is 69.4 Å². The average molecular weight is 331 g/mol. The summed E-state index contributed by atoms with van der Waals surface area (Å²) in [5.41, 5.74) is 0. The Bertz CT molecular complexity index is 270. The third-order valence-corrected chi connectivity index (χ3v) is 5.47. The highest BCUT2D eigenvalue weighted by molar-refractivity contribution is 8.03. The molecular formula is C5H5Cl4N2O2S2-. The molecule has 0 spiro atoms. The van der Waals surface area contributed by atoms with Crippen molar-refractivity contribution in [3.05, 3.63) is 0 Å². The fourth-order valence-corrected chi connectivity index (χ4v) is 2.31. The molecule has 0 bridgehead atoms. The van der Waals surface area contributed by atoms with Crippen LogP contribution in [0, 0.1) is 11.3 Å². The molecule has 0 heterocycles. The molecular weight excluding hydrogens is 326 g/mol. The lowest BCUT2D eigenvalue weighted by molar-refractivity contribution is 0.449. The summed E-state index contributed by atoms with van der Waals surface area (Å²) in [4.78, 5) is -1.07. The zero-order valence-electron chi connectivity index (χ0n) is 7.03. The summed E-state index contributed by atoms with van der Waals surface area (Å²) in [6.07, 6.45) is 0. The Kier molecular flexibility index (Phi) is 7.93. The number of hydrogen-bond acceptors (Lipinski definition) is 4. The maximum Gasteiger partial charge on any atom is 0.194 e. The van der Waals surface area contributed by atoms with Crippen LogP contribution in [0.1, 0.15) is 0 Å². The zero-order chi connectivity index (χ0) is 12.1. The lowest BCUT2D eigenvalue weighted by atomic mass is 10.7. The molecule has 0 aliphatic heterocycles. The van der Waals surface area contributed by atoms with Crippen LogP contribution in [0.2, 0.25) is 0 Å². The Morgan fingerprint density at radius 2 is 2.13 bits per heavy atom. The van der Waals surface area contributed by atoms with Gasteiger partial charge in [-0.15, -0.1) is 35.0 Å². The topological polar surface area (TPSA) is 67.2 Å². The number of halogens is 4. The summed E-state index contributed by atoms with van der Waals surface area (Å²) < 4.78 is 20.5. The first kappa shape index (κ1) is 16.1. The molecule has 0 rings (SSSR count). The molecule has 0 saturated heterocycles. The van der Waals surface area contributed by atoms with Crippen LogP contribution in [0.25, 0.3) is 0 Å². The number of hydrogen-bond donors (Lipinski definition) is 0. The van der Waals surface area contributed by atoms with Gasteiger partial charge in [0, 0.05) is 11.3 Å². The SMILES string of the molecule is N#CCN(CSC(Cl)(Cl)C(Cl)Cl)S(=O)[O-]. The van der Waals surface area contributed by atoms with E-state index >= 15 is 0 Å². The summed E-state index contributed by atoms with van der Waals surface area (Å²) in [6, 6.07) is 1.68. The van der Waals surface area contributed by atoms with Gasteiger partial charge in [0.05, 0.1) is 18.5 Å². The van der Waals surface area contributed by atoms with Gasteiger partial charge in [-0.1, -0.05) is 23.2 Å². The zero-order valence-corrected chi connectivity index (χ0v) is 11.7. The van der Waals surface area contributed by atoms with Crippen LogP contribution in [-0.4, -0.2) is 34.0 Å². The Balaban J connectivity index is 4.23. The highest BCUT2D eigenvalue weighted by Gasteiger charge is 2.33. The molecule has 0 amide bonds. The lowest BCUT2D eigenvalue weighted by Crippen LogP contribution is -2.29. The Labute approximate surface area is 114 Å². The van der Waals surface area contributed by atoms with Gasteiger partial charge in [0.25, 0.3) is 0 Å². The molecule has 1 atom stereocenters. The molecule has 0 fully saturated rings. The van der Waals surface area contributed by atoms with Crippen LogP contribution in [0.5, 0.6) is 0 Å². The summed E-state index contributed by atoms with van der Waals surface area (Å²) in [5.74, 6) is -0.105. The van der Waals surface area contributed by atoms with E-state index in [1.807, 2.05) is 0 Å². The van der Waals surface area contributed by atoms with Crippen LogP contribution in [0.3, 0.4) is 0 Å². The first-order chi connectivity index (χ1) is 6.81. The molecule has 0 radical (unpaired) electrons. The fraction of sp³-hybridized carbons (Fsp3) is 0.800. The average Bonchev–Trinajstić information content (AvgIpc) is 2.11. The molecule has 4 nitrogen and oxygen atoms in total. The smallest absolute Gasteiger partial charge is 0.194 e. The minimum absolute atomic E-state index is 0.105. The van der Waals surface area contributed by atoms with Gasteiger partial charge < -0.3 is 4.55 Å². The van der Waals surface area contributed by atoms with Crippen LogP contribution >= 0.6 is 58.2 Å². The van der Waals surface area contributed by atoms with Crippen molar-refractivity contribution in [3.63, 3.8) is 0 Å². The third-order valence-electron chi connectivity index (χ3n) is 1.11. The van der Waals surface area contributed by atoms with E-state index in [1.54, 1.807) is 6.07 Å². The minimum Gasteiger partial charge on any atom is -0.760 e. The standard InChI is InChI=1S/C5H6Cl4N2O2S2/c6-4(7)5(8,9)14-3-11(2-1-10)15(12)13/h4H,2-3H2,(H,12,13)/p-1. The summed E-state index contributed by atoms with van der Waals surface area (Å²) in [6.45, 7) is -0.289.